The fraction of sp³-hybridized carbons (Fsp3) is 0.273. The Morgan fingerprint density at radius 1 is 1.16 bits per heavy atom. The Balaban J connectivity index is 1.83. The van der Waals surface area contributed by atoms with Crippen LogP contribution in [0.15, 0.2) is 53.7 Å². The van der Waals surface area contributed by atoms with Gasteiger partial charge in [-0.3, -0.25) is 14.2 Å². The Morgan fingerprint density at radius 3 is 2.61 bits per heavy atom. The molecule has 0 aliphatic heterocycles. The summed E-state index contributed by atoms with van der Waals surface area (Å²) < 4.78 is 7.14. The second-order valence-corrected chi connectivity index (χ2v) is 8.07. The quantitative estimate of drug-likeness (QED) is 0.281. The number of aryl methyl sites for hydroxylation is 1. The molecule has 7 nitrogen and oxygen atoms in total. The monoisotopic (exact) mass is 458 g/mol. The maximum Gasteiger partial charge on any atom is 0.216 e. The molecule has 1 heterocycles. The van der Waals surface area contributed by atoms with E-state index in [1.807, 2.05) is 28.8 Å². The minimum absolute atomic E-state index is 0.0140. The number of halogens is 1. The van der Waals surface area contributed by atoms with E-state index in [1.54, 1.807) is 31.4 Å². The molecule has 0 radical (unpaired) electrons. The number of carbonyl (C=O) groups is 2. The highest BCUT2D eigenvalue weighted by Crippen LogP contribution is 2.30. The fourth-order valence-electron chi connectivity index (χ4n) is 2.96. The number of Topliss-reactive ketones (excluding diaryl/α,β-unsaturated/α-hetero) is 1. The largest absolute Gasteiger partial charge is 0.495 e. The van der Waals surface area contributed by atoms with Gasteiger partial charge in [0.2, 0.25) is 5.91 Å². The molecule has 0 bridgehead atoms. The van der Waals surface area contributed by atoms with Crippen molar-refractivity contribution in [2.24, 2.45) is 0 Å². The average Bonchev–Trinajstić information content (AvgIpc) is 3.18. The number of nitrogens with zero attached hydrogens (tertiary/aromatic N) is 3. The van der Waals surface area contributed by atoms with Crippen molar-refractivity contribution in [3.63, 3.8) is 0 Å². The van der Waals surface area contributed by atoms with Gasteiger partial charge >= 0.3 is 0 Å². The molecule has 0 saturated carbocycles. The highest BCUT2D eigenvalue weighted by atomic mass is 35.5. The molecule has 2 aromatic carbocycles. The number of aromatic nitrogens is 3. The molecule has 1 N–H and O–H groups in total. The van der Waals surface area contributed by atoms with Crippen molar-refractivity contribution in [3.05, 3.63) is 64.9 Å². The molecule has 0 unspecified atom stereocenters. The Morgan fingerprint density at radius 2 is 1.94 bits per heavy atom. The summed E-state index contributed by atoms with van der Waals surface area (Å²) in [4.78, 5) is 23.6. The van der Waals surface area contributed by atoms with Gasteiger partial charge in [0.15, 0.2) is 10.9 Å². The number of rotatable bonds is 10. The summed E-state index contributed by atoms with van der Waals surface area (Å²) in [5, 5.41) is 12.5. The van der Waals surface area contributed by atoms with Gasteiger partial charge in [0.1, 0.15) is 11.6 Å². The summed E-state index contributed by atoms with van der Waals surface area (Å²) in [6, 6.07) is 14.6. The third-order valence-corrected chi connectivity index (χ3v) is 5.70. The number of benzene rings is 2. The number of methoxy groups -OCH3 is 1. The number of carbonyl (C=O) groups excluding carboxylic acids is 2. The first-order chi connectivity index (χ1) is 15.0. The van der Waals surface area contributed by atoms with E-state index in [1.165, 1.54) is 18.7 Å². The molecule has 0 fully saturated rings. The molecule has 162 valence electrons. The van der Waals surface area contributed by atoms with Crippen molar-refractivity contribution < 1.29 is 14.3 Å². The lowest BCUT2D eigenvalue weighted by atomic mass is 10.2. The first-order valence-electron chi connectivity index (χ1n) is 9.73. The van der Waals surface area contributed by atoms with Gasteiger partial charge in [0.25, 0.3) is 0 Å². The van der Waals surface area contributed by atoms with Crippen molar-refractivity contribution in [2.45, 2.75) is 24.9 Å². The second-order valence-electron chi connectivity index (χ2n) is 6.72. The topological polar surface area (TPSA) is 86.1 Å². The zero-order valence-electron chi connectivity index (χ0n) is 17.3. The van der Waals surface area contributed by atoms with Gasteiger partial charge in [-0.1, -0.05) is 53.7 Å². The Kier molecular flexibility index (Phi) is 8.08. The van der Waals surface area contributed by atoms with Crippen molar-refractivity contribution in [1.29, 1.82) is 0 Å². The van der Waals surface area contributed by atoms with E-state index in [2.05, 4.69) is 15.5 Å². The highest BCUT2D eigenvalue weighted by molar-refractivity contribution is 7.99. The lowest BCUT2D eigenvalue weighted by Gasteiger charge is -2.12. The molecule has 31 heavy (non-hydrogen) atoms. The average molecular weight is 459 g/mol. The summed E-state index contributed by atoms with van der Waals surface area (Å²) in [6.45, 7) is 2.03. The molecule has 0 aliphatic carbocycles. The molecule has 9 heteroatoms. The minimum atomic E-state index is -0.0703. The molecule has 0 spiro atoms. The number of amides is 1. The third-order valence-electron chi connectivity index (χ3n) is 4.47. The summed E-state index contributed by atoms with van der Waals surface area (Å²) in [7, 11) is 1.56. The third kappa shape index (κ3) is 6.08. The van der Waals surface area contributed by atoms with E-state index < -0.39 is 0 Å². The smallest absolute Gasteiger partial charge is 0.216 e. The Hall–Kier alpha value is -2.84. The summed E-state index contributed by atoms with van der Waals surface area (Å²) in [6.07, 6.45) is 1.30. The number of thioether (sulfide) groups is 1. The van der Waals surface area contributed by atoms with Crippen LogP contribution in [0.1, 0.15) is 29.5 Å². The van der Waals surface area contributed by atoms with E-state index in [4.69, 9.17) is 16.3 Å². The van der Waals surface area contributed by atoms with Gasteiger partial charge in [-0.15, -0.1) is 10.2 Å². The van der Waals surface area contributed by atoms with Crippen LogP contribution in [0.25, 0.3) is 5.69 Å². The van der Waals surface area contributed by atoms with Crippen molar-refractivity contribution in [2.75, 3.05) is 19.4 Å². The lowest BCUT2D eigenvalue weighted by Crippen LogP contribution is -2.21. The lowest BCUT2D eigenvalue weighted by molar-refractivity contribution is -0.118. The van der Waals surface area contributed by atoms with E-state index in [-0.39, 0.29) is 17.4 Å². The Labute approximate surface area is 190 Å². The Bertz CT molecular complexity index is 1060. The van der Waals surface area contributed by atoms with E-state index in [0.717, 1.165) is 11.5 Å². The molecule has 0 saturated heterocycles. The van der Waals surface area contributed by atoms with Gasteiger partial charge in [0.05, 0.1) is 23.6 Å². The van der Waals surface area contributed by atoms with Gasteiger partial charge in [-0.05, 0) is 24.6 Å². The van der Waals surface area contributed by atoms with E-state index in [0.29, 0.717) is 40.9 Å². The summed E-state index contributed by atoms with van der Waals surface area (Å²) in [5.41, 5.74) is 1.43. The van der Waals surface area contributed by atoms with Gasteiger partial charge in [0, 0.05) is 25.5 Å². The molecule has 0 atom stereocenters. The summed E-state index contributed by atoms with van der Waals surface area (Å²) in [5.74, 6) is 1.47. The maximum atomic E-state index is 12.5. The molecule has 3 aromatic rings. The predicted octanol–water partition coefficient (Wildman–Crippen LogP) is 3.97. The zero-order valence-corrected chi connectivity index (χ0v) is 18.9. The van der Waals surface area contributed by atoms with Gasteiger partial charge < -0.3 is 10.1 Å². The van der Waals surface area contributed by atoms with Crippen LogP contribution in [0.5, 0.6) is 5.75 Å². The number of hydrogen-bond acceptors (Lipinski definition) is 6. The highest BCUT2D eigenvalue weighted by Gasteiger charge is 2.17. The van der Waals surface area contributed by atoms with Crippen LogP contribution in [-0.4, -0.2) is 45.9 Å². The first-order valence-corrected chi connectivity index (χ1v) is 11.1. The standard InChI is InChI=1S/C22H23ClN4O3S/c1-15(28)24-12-6-9-21-25-26-22(31-14-19(29)16-7-4-3-5-8-16)27(21)17-10-11-20(30-2)18(23)13-17/h3-5,7-8,10-11,13H,6,9,12,14H2,1-2H3,(H,24,28). The van der Waals surface area contributed by atoms with Crippen LogP contribution in [-0.2, 0) is 11.2 Å². The first kappa shape index (κ1) is 22.8. The molecule has 3 rings (SSSR count). The van der Waals surface area contributed by atoms with Crippen LogP contribution in [0.4, 0.5) is 0 Å². The fourth-order valence-corrected chi connectivity index (χ4v) is 4.08. The van der Waals surface area contributed by atoms with Crippen LogP contribution < -0.4 is 10.1 Å². The zero-order chi connectivity index (χ0) is 22.2. The SMILES string of the molecule is COc1ccc(-n2c(CCCNC(C)=O)nnc2SCC(=O)c2ccccc2)cc1Cl. The van der Waals surface area contributed by atoms with Gasteiger partial charge in [-0.2, -0.15) is 0 Å². The van der Waals surface area contributed by atoms with Crippen LogP contribution >= 0.6 is 23.4 Å². The number of ketones is 1. The van der Waals surface area contributed by atoms with Crippen LogP contribution in [0.2, 0.25) is 5.02 Å². The summed E-state index contributed by atoms with van der Waals surface area (Å²) >= 11 is 7.65. The van der Waals surface area contributed by atoms with Crippen LogP contribution in [0, 0.1) is 0 Å². The van der Waals surface area contributed by atoms with E-state index in [9.17, 15) is 9.59 Å². The van der Waals surface area contributed by atoms with E-state index >= 15 is 0 Å². The normalized spacial score (nSPS) is 10.7. The van der Waals surface area contributed by atoms with Crippen molar-refractivity contribution in [3.8, 4) is 11.4 Å². The minimum Gasteiger partial charge on any atom is -0.495 e. The number of ether oxygens (including phenoxy) is 1. The van der Waals surface area contributed by atoms with Gasteiger partial charge in [-0.25, -0.2) is 0 Å². The molecule has 1 amide bonds. The second kappa shape index (κ2) is 11.0. The van der Waals surface area contributed by atoms with Crippen molar-refractivity contribution in [1.82, 2.24) is 20.1 Å². The van der Waals surface area contributed by atoms with Crippen molar-refractivity contribution >= 4 is 35.1 Å². The van der Waals surface area contributed by atoms with Crippen LogP contribution in [0.3, 0.4) is 0 Å². The molecular formula is C22H23ClN4O3S. The number of nitrogens with one attached hydrogen (secondary N) is 1. The number of hydrogen-bond donors (Lipinski definition) is 1. The predicted molar refractivity (Wildman–Crippen MR) is 121 cm³/mol. The molecule has 0 aliphatic rings. The molecule has 1 aromatic heterocycles. The molecular weight excluding hydrogens is 436 g/mol. The maximum absolute atomic E-state index is 12.5.